The Balaban J connectivity index is 1.75. The second-order valence-electron chi connectivity index (χ2n) is 5.78. The van der Waals surface area contributed by atoms with Crippen molar-refractivity contribution in [2.75, 3.05) is 18.6 Å². The molecule has 0 aliphatic carbocycles. The number of rotatable bonds is 5. The van der Waals surface area contributed by atoms with Gasteiger partial charge < -0.3 is 14.1 Å². The third-order valence-electron chi connectivity index (χ3n) is 4.06. The summed E-state index contributed by atoms with van der Waals surface area (Å²) in [5, 5.41) is 9.47. The lowest BCUT2D eigenvalue weighted by atomic mass is 10.1. The summed E-state index contributed by atoms with van der Waals surface area (Å²) in [7, 11) is 1.60. The summed E-state index contributed by atoms with van der Waals surface area (Å²) >= 11 is 0. The molecule has 0 aliphatic rings. The number of hydrogen-bond acceptors (Lipinski definition) is 5. The van der Waals surface area contributed by atoms with Gasteiger partial charge in [0.1, 0.15) is 23.0 Å². The highest BCUT2D eigenvalue weighted by atomic mass is 16.5. The smallest absolute Gasteiger partial charge is 0.343 e. The number of amides is 1. The minimum atomic E-state index is -0.777. The number of carbonyl (C=O) groups is 2. The highest BCUT2D eigenvalue weighted by molar-refractivity contribution is 5.98. The van der Waals surface area contributed by atoms with Crippen LogP contribution in [0.15, 0.2) is 59.3 Å². The van der Waals surface area contributed by atoms with Crippen molar-refractivity contribution in [1.29, 1.82) is 5.26 Å². The lowest BCUT2D eigenvalue weighted by Crippen LogP contribution is -2.31. The van der Waals surface area contributed by atoms with Crippen LogP contribution in [0.5, 0.6) is 0 Å². The van der Waals surface area contributed by atoms with Gasteiger partial charge in [-0.2, -0.15) is 5.26 Å². The van der Waals surface area contributed by atoms with Gasteiger partial charge in [-0.05, 0) is 31.2 Å². The number of carbonyl (C=O) groups excluding carboxylic acids is 2. The second-order valence-corrected chi connectivity index (χ2v) is 5.78. The van der Waals surface area contributed by atoms with E-state index in [1.807, 2.05) is 24.3 Å². The molecule has 0 unspecified atom stereocenters. The number of benzene rings is 1. The molecule has 2 aromatic heterocycles. The van der Waals surface area contributed by atoms with E-state index in [0.29, 0.717) is 5.69 Å². The first-order chi connectivity index (χ1) is 13.0. The molecule has 7 nitrogen and oxygen atoms in total. The largest absolute Gasteiger partial charge is 0.452 e. The molecule has 0 saturated carbocycles. The Morgan fingerprint density at radius 2 is 1.85 bits per heavy atom. The predicted octanol–water partition coefficient (Wildman–Crippen LogP) is 3.07. The van der Waals surface area contributed by atoms with Crippen molar-refractivity contribution in [2.45, 2.75) is 6.92 Å². The van der Waals surface area contributed by atoms with E-state index in [-0.39, 0.29) is 28.7 Å². The Hall–Kier alpha value is -3.79. The van der Waals surface area contributed by atoms with Crippen molar-refractivity contribution in [3.63, 3.8) is 0 Å². The first-order valence-corrected chi connectivity index (χ1v) is 8.18. The van der Waals surface area contributed by atoms with E-state index >= 15 is 0 Å². The standard InChI is InChI=1S/C20H17N3O4/c1-14-18(16(12-21)19(27-14)23-10-6-7-11-23)20(25)26-13-17(24)22(2)15-8-4-3-5-9-15/h3-11H,13H2,1-2H3. The van der Waals surface area contributed by atoms with Crippen LogP contribution in [0.1, 0.15) is 21.7 Å². The maximum atomic E-state index is 12.5. The van der Waals surface area contributed by atoms with Crippen molar-refractivity contribution in [1.82, 2.24) is 4.57 Å². The average molecular weight is 363 g/mol. The summed E-state index contributed by atoms with van der Waals surface area (Å²) in [5.41, 5.74) is 0.777. The van der Waals surface area contributed by atoms with Gasteiger partial charge >= 0.3 is 5.97 Å². The molecule has 0 spiro atoms. The van der Waals surface area contributed by atoms with Crippen LogP contribution < -0.4 is 4.90 Å². The Morgan fingerprint density at radius 3 is 2.48 bits per heavy atom. The number of aromatic nitrogens is 1. The molecule has 0 radical (unpaired) electrons. The molecule has 1 amide bonds. The van der Waals surface area contributed by atoms with Gasteiger partial charge in [-0.3, -0.25) is 9.36 Å². The van der Waals surface area contributed by atoms with Crippen LogP contribution >= 0.6 is 0 Å². The molecule has 0 N–H and O–H groups in total. The van der Waals surface area contributed by atoms with Crippen LogP contribution in [0.3, 0.4) is 0 Å². The minimum Gasteiger partial charge on any atom is -0.452 e. The van der Waals surface area contributed by atoms with Crippen molar-refractivity contribution in [2.24, 2.45) is 0 Å². The third kappa shape index (κ3) is 3.60. The van der Waals surface area contributed by atoms with E-state index in [0.717, 1.165) is 0 Å². The second kappa shape index (κ2) is 7.62. The van der Waals surface area contributed by atoms with Crippen molar-refractivity contribution >= 4 is 17.6 Å². The van der Waals surface area contributed by atoms with Gasteiger partial charge in [0.15, 0.2) is 6.61 Å². The molecule has 3 rings (SSSR count). The number of ether oxygens (including phenoxy) is 1. The fraction of sp³-hybridized carbons (Fsp3) is 0.150. The van der Waals surface area contributed by atoms with Gasteiger partial charge in [0.25, 0.3) is 5.91 Å². The van der Waals surface area contributed by atoms with E-state index in [4.69, 9.17) is 9.15 Å². The van der Waals surface area contributed by atoms with Crippen molar-refractivity contribution in [3.8, 4) is 12.0 Å². The molecular formula is C20H17N3O4. The van der Waals surface area contributed by atoms with Gasteiger partial charge in [0.2, 0.25) is 5.88 Å². The van der Waals surface area contributed by atoms with E-state index in [2.05, 4.69) is 0 Å². The minimum absolute atomic E-state index is 0.0244. The SMILES string of the molecule is Cc1oc(-n2cccc2)c(C#N)c1C(=O)OCC(=O)N(C)c1ccccc1. The molecule has 0 fully saturated rings. The molecule has 27 heavy (non-hydrogen) atoms. The Labute approximate surface area is 156 Å². The van der Waals surface area contributed by atoms with Crippen LogP contribution in [0.25, 0.3) is 5.88 Å². The van der Waals surface area contributed by atoms with Crippen LogP contribution in [0.4, 0.5) is 5.69 Å². The number of likely N-dealkylation sites (N-methyl/N-ethyl adjacent to an activating group) is 1. The highest BCUT2D eigenvalue weighted by Crippen LogP contribution is 2.26. The third-order valence-corrected chi connectivity index (χ3v) is 4.06. The maximum Gasteiger partial charge on any atom is 0.343 e. The fourth-order valence-electron chi connectivity index (χ4n) is 2.62. The molecule has 3 aromatic rings. The number of esters is 1. The molecule has 0 atom stereocenters. The number of anilines is 1. The number of hydrogen-bond donors (Lipinski definition) is 0. The van der Waals surface area contributed by atoms with Gasteiger partial charge in [-0.1, -0.05) is 18.2 Å². The first kappa shape index (κ1) is 18.0. The zero-order valence-corrected chi connectivity index (χ0v) is 14.9. The van der Waals surface area contributed by atoms with Gasteiger partial charge in [-0.15, -0.1) is 0 Å². The predicted molar refractivity (Wildman–Crippen MR) is 97.6 cm³/mol. The Bertz CT molecular complexity index is 998. The number of nitriles is 1. The maximum absolute atomic E-state index is 12.5. The molecule has 2 heterocycles. The molecular weight excluding hydrogens is 346 g/mol. The zero-order valence-electron chi connectivity index (χ0n) is 14.9. The van der Waals surface area contributed by atoms with Gasteiger partial charge in [0.05, 0.1) is 0 Å². The van der Waals surface area contributed by atoms with Crippen molar-refractivity contribution < 1.29 is 18.7 Å². The molecule has 136 valence electrons. The summed E-state index contributed by atoms with van der Waals surface area (Å²) in [6, 6.07) is 14.5. The van der Waals surface area contributed by atoms with E-state index in [1.165, 1.54) is 4.90 Å². The van der Waals surface area contributed by atoms with Crippen LogP contribution in [-0.2, 0) is 9.53 Å². The van der Waals surface area contributed by atoms with E-state index < -0.39 is 12.6 Å². The Morgan fingerprint density at radius 1 is 1.19 bits per heavy atom. The average Bonchev–Trinajstić information content (AvgIpc) is 3.33. The lowest BCUT2D eigenvalue weighted by molar-refractivity contribution is -0.121. The molecule has 0 aliphatic heterocycles. The fourth-order valence-corrected chi connectivity index (χ4v) is 2.62. The highest BCUT2D eigenvalue weighted by Gasteiger charge is 2.26. The molecule has 1 aromatic carbocycles. The molecule has 7 heteroatoms. The van der Waals surface area contributed by atoms with E-state index in [9.17, 15) is 14.9 Å². The quantitative estimate of drug-likeness (QED) is 0.650. The number of aryl methyl sites for hydroxylation is 1. The van der Waals surface area contributed by atoms with E-state index in [1.54, 1.807) is 55.2 Å². The van der Waals surface area contributed by atoms with Crippen molar-refractivity contribution in [3.05, 3.63) is 71.7 Å². The number of para-hydroxylation sites is 1. The number of nitrogens with zero attached hydrogens (tertiary/aromatic N) is 3. The normalized spacial score (nSPS) is 10.3. The zero-order chi connectivity index (χ0) is 19.4. The topological polar surface area (TPSA) is 88.5 Å². The van der Waals surface area contributed by atoms with Crippen LogP contribution in [0.2, 0.25) is 0 Å². The summed E-state index contributed by atoms with van der Waals surface area (Å²) < 4.78 is 12.3. The molecule has 0 bridgehead atoms. The molecule has 0 saturated heterocycles. The summed E-state index contributed by atoms with van der Waals surface area (Å²) in [5.74, 6) is -0.676. The Kier molecular flexibility index (Phi) is 5.08. The van der Waals surface area contributed by atoms with Gasteiger partial charge in [-0.25, -0.2) is 4.79 Å². The lowest BCUT2D eigenvalue weighted by Gasteiger charge is -2.17. The van der Waals surface area contributed by atoms with Crippen LogP contribution in [0, 0.1) is 18.3 Å². The number of furan rings is 1. The first-order valence-electron chi connectivity index (χ1n) is 8.18. The summed E-state index contributed by atoms with van der Waals surface area (Å²) in [6.07, 6.45) is 3.40. The summed E-state index contributed by atoms with van der Waals surface area (Å²) in [6.45, 7) is 1.13. The van der Waals surface area contributed by atoms with Gasteiger partial charge in [0, 0.05) is 25.1 Å². The summed E-state index contributed by atoms with van der Waals surface area (Å²) in [4.78, 5) is 26.1. The van der Waals surface area contributed by atoms with Crippen LogP contribution in [-0.4, -0.2) is 30.1 Å². The monoisotopic (exact) mass is 363 g/mol.